The van der Waals surface area contributed by atoms with Gasteiger partial charge in [0, 0.05) is 30.8 Å². The molecule has 5 rings (SSSR count). The van der Waals surface area contributed by atoms with Gasteiger partial charge in [0.2, 0.25) is 11.8 Å². The first-order chi connectivity index (χ1) is 17.7. The number of benzene rings is 1. The Morgan fingerprint density at radius 1 is 1.16 bits per heavy atom. The number of hydrogen-bond donors (Lipinski definition) is 2. The van der Waals surface area contributed by atoms with Crippen molar-refractivity contribution in [3.05, 3.63) is 65.2 Å². The van der Waals surface area contributed by atoms with E-state index in [-0.39, 0.29) is 23.7 Å². The zero-order valence-electron chi connectivity index (χ0n) is 21.2. The number of likely N-dealkylation sites (tertiary alicyclic amines) is 1. The molecule has 0 unspecified atom stereocenters. The maximum Gasteiger partial charge on any atom is 0.410 e. The lowest BCUT2D eigenvalue weighted by Crippen LogP contribution is -2.41. The van der Waals surface area contributed by atoms with E-state index in [1.807, 2.05) is 26.8 Å². The van der Waals surface area contributed by atoms with Crippen LogP contribution in [-0.4, -0.2) is 59.5 Å². The van der Waals surface area contributed by atoms with Gasteiger partial charge in [0.05, 0.1) is 5.69 Å². The third-order valence-corrected chi connectivity index (χ3v) is 6.54. The fraction of sp³-hybridized carbons (Fsp3) is 0.407. The molecule has 1 amide bonds. The Hall–Kier alpha value is -3.95. The summed E-state index contributed by atoms with van der Waals surface area (Å²) in [5.41, 5.74) is 3.21. The van der Waals surface area contributed by atoms with Gasteiger partial charge in [-0.15, -0.1) is 0 Å². The number of aromatic nitrogens is 5. The lowest BCUT2D eigenvalue weighted by molar-refractivity contribution is 0.0204. The van der Waals surface area contributed by atoms with Crippen molar-refractivity contribution in [1.29, 1.82) is 0 Å². The van der Waals surface area contributed by atoms with Gasteiger partial charge in [0.1, 0.15) is 16.9 Å². The molecule has 0 atom stereocenters. The number of aromatic hydroxyl groups is 1. The van der Waals surface area contributed by atoms with E-state index in [9.17, 15) is 14.3 Å². The van der Waals surface area contributed by atoms with Gasteiger partial charge in [0.15, 0.2) is 5.65 Å². The smallest absolute Gasteiger partial charge is 0.410 e. The summed E-state index contributed by atoms with van der Waals surface area (Å²) in [6.07, 6.45) is 3.89. The predicted molar refractivity (Wildman–Crippen MR) is 136 cm³/mol. The number of ether oxygens (including phenoxy) is 1. The summed E-state index contributed by atoms with van der Waals surface area (Å²) in [7, 11) is 0. The summed E-state index contributed by atoms with van der Waals surface area (Å²) in [5.74, 6) is 0.171. The number of nitrogens with zero attached hydrogens (tertiary/aromatic N) is 5. The van der Waals surface area contributed by atoms with Crippen LogP contribution in [0.25, 0.3) is 17.1 Å². The molecule has 3 aromatic heterocycles. The molecular weight excluding hydrogens is 475 g/mol. The van der Waals surface area contributed by atoms with Gasteiger partial charge in [-0.05, 0) is 76.3 Å². The minimum Gasteiger partial charge on any atom is -0.493 e. The maximum atomic E-state index is 13.4. The first-order valence-corrected chi connectivity index (χ1v) is 12.5. The van der Waals surface area contributed by atoms with Crippen LogP contribution in [0, 0.1) is 5.82 Å². The summed E-state index contributed by atoms with van der Waals surface area (Å²) in [6.45, 7) is 6.65. The Balaban J connectivity index is 1.42. The number of aromatic amines is 1. The first kappa shape index (κ1) is 24.7. The molecule has 0 bridgehead atoms. The molecule has 4 heterocycles. The molecule has 4 aromatic rings. The van der Waals surface area contributed by atoms with Crippen LogP contribution in [0.2, 0.25) is 0 Å². The number of piperidine rings is 1. The van der Waals surface area contributed by atoms with E-state index in [0.717, 1.165) is 16.8 Å². The van der Waals surface area contributed by atoms with Crippen LogP contribution in [-0.2, 0) is 17.6 Å². The number of imidazole rings is 1. The van der Waals surface area contributed by atoms with Gasteiger partial charge in [-0.1, -0.05) is 12.1 Å². The molecule has 37 heavy (non-hydrogen) atoms. The first-order valence-electron chi connectivity index (χ1n) is 12.5. The average Bonchev–Trinajstić information content (AvgIpc) is 3.43. The van der Waals surface area contributed by atoms with E-state index in [0.29, 0.717) is 55.9 Å². The molecule has 1 saturated heterocycles. The standard InChI is InChI=1S/C27H31FN6O3/c1-27(2,3)37-26(36)33-15-12-18(13-16-33)22-20(11-8-17-6-9-19(28)10-7-17)24(35)34(32-22)25-30-21-5-4-14-29-23(21)31-25/h4-7,9-10,14,18,35H,8,11-13,15-16H2,1-3H3,(H,29,30,31). The van der Waals surface area contributed by atoms with E-state index in [1.165, 1.54) is 16.8 Å². The zero-order valence-corrected chi connectivity index (χ0v) is 21.2. The van der Waals surface area contributed by atoms with Crippen LogP contribution in [0.1, 0.15) is 56.4 Å². The minimum absolute atomic E-state index is 0.0192. The largest absolute Gasteiger partial charge is 0.493 e. The molecule has 0 saturated carbocycles. The van der Waals surface area contributed by atoms with Crippen molar-refractivity contribution in [2.24, 2.45) is 0 Å². The van der Waals surface area contributed by atoms with Crippen molar-refractivity contribution in [3.8, 4) is 11.8 Å². The highest BCUT2D eigenvalue weighted by molar-refractivity contribution is 5.71. The van der Waals surface area contributed by atoms with Crippen molar-refractivity contribution in [1.82, 2.24) is 29.6 Å². The van der Waals surface area contributed by atoms with E-state index in [1.54, 1.807) is 29.3 Å². The predicted octanol–water partition coefficient (Wildman–Crippen LogP) is 4.89. The Morgan fingerprint density at radius 3 is 2.57 bits per heavy atom. The molecule has 0 aliphatic carbocycles. The van der Waals surface area contributed by atoms with E-state index >= 15 is 0 Å². The van der Waals surface area contributed by atoms with Crippen LogP contribution in [0.15, 0.2) is 42.6 Å². The number of aryl methyl sites for hydroxylation is 1. The topological polar surface area (TPSA) is 109 Å². The third-order valence-electron chi connectivity index (χ3n) is 6.54. The number of rotatable bonds is 5. The number of hydrogen-bond acceptors (Lipinski definition) is 6. The van der Waals surface area contributed by atoms with Gasteiger partial charge in [-0.25, -0.2) is 19.2 Å². The highest BCUT2D eigenvalue weighted by Gasteiger charge is 2.32. The molecule has 1 aliphatic rings. The molecule has 0 spiro atoms. The van der Waals surface area contributed by atoms with Crippen LogP contribution in [0.3, 0.4) is 0 Å². The van der Waals surface area contributed by atoms with Crippen LogP contribution in [0.5, 0.6) is 5.88 Å². The highest BCUT2D eigenvalue weighted by Crippen LogP contribution is 2.36. The van der Waals surface area contributed by atoms with Gasteiger partial charge >= 0.3 is 6.09 Å². The number of amides is 1. The molecule has 10 heteroatoms. The van der Waals surface area contributed by atoms with E-state index in [2.05, 4.69) is 15.0 Å². The molecule has 194 valence electrons. The summed E-state index contributed by atoms with van der Waals surface area (Å²) in [6, 6.07) is 10.0. The maximum absolute atomic E-state index is 13.4. The Kier molecular flexibility index (Phi) is 6.57. The lowest BCUT2D eigenvalue weighted by Gasteiger charge is -2.33. The SMILES string of the molecule is CC(C)(C)OC(=O)N1CCC(c2nn(-c3nc4cccnc4[nH]3)c(O)c2CCc2ccc(F)cc2)CC1. The van der Waals surface area contributed by atoms with E-state index in [4.69, 9.17) is 9.84 Å². The number of carbonyl (C=O) groups is 1. The van der Waals surface area contributed by atoms with Crippen LogP contribution >= 0.6 is 0 Å². The Morgan fingerprint density at radius 2 is 1.89 bits per heavy atom. The number of carbonyl (C=O) groups excluding carboxylic acids is 1. The molecule has 2 N–H and O–H groups in total. The number of fused-ring (bicyclic) bond motifs is 1. The monoisotopic (exact) mass is 506 g/mol. The Labute approximate surface area is 214 Å². The molecule has 1 fully saturated rings. The Bertz CT molecular complexity index is 1370. The quantitative estimate of drug-likeness (QED) is 0.399. The van der Waals surface area contributed by atoms with Gasteiger partial charge < -0.3 is 19.7 Å². The van der Waals surface area contributed by atoms with Crippen molar-refractivity contribution >= 4 is 17.3 Å². The summed E-state index contributed by atoms with van der Waals surface area (Å²) in [4.78, 5) is 26.2. The fourth-order valence-electron chi connectivity index (χ4n) is 4.69. The highest BCUT2D eigenvalue weighted by atomic mass is 19.1. The number of halogens is 1. The zero-order chi connectivity index (χ0) is 26.2. The summed E-state index contributed by atoms with van der Waals surface area (Å²) >= 11 is 0. The third kappa shape index (κ3) is 5.42. The van der Waals surface area contributed by atoms with Crippen molar-refractivity contribution in [3.63, 3.8) is 0 Å². The minimum atomic E-state index is -0.548. The van der Waals surface area contributed by atoms with Crippen molar-refractivity contribution < 1.29 is 19.0 Å². The number of H-pyrrole nitrogens is 1. The number of nitrogens with one attached hydrogen (secondary N) is 1. The molecular formula is C27H31FN6O3. The van der Waals surface area contributed by atoms with E-state index < -0.39 is 5.60 Å². The summed E-state index contributed by atoms with van der Waals surface area (Å²) in [5, 5.41) is 16.1. The van der Waals surface area contributed by atoms with Crippen molar-refractivity contribution in [2.45, 2.75) is 58.0 Å². The second kappa shape index (κ2) is 9.84. The van der Waals surface area contributed by atoms with Crippen LogP contribution in [0.4, 0.5) is 9.18 Å². The van der Waals surface area contributed by atoms with Gasteiger partial charge in [-0.3, -0.25) is 0 Å². The van der Waals surface area contributed by atoms with Crippen LogP contribution < -0.4 is 0 Å². The van der Waals surface area contributed by atoms with Crippen molar-refractivity contribution in [2.75, 3.05) is 13.1 Å². The number of pyridine rings is 1. The second-order valence-corrected chi connectivity index (χ2v) is 10.4. The fourth-order valence-corrected chi connectivity index (χ4v) is 4.69. The molecule has 1 aliphatic heterocycles. The molecule has 9 nitrogen and oxygen atoms in total. The van der Waals surface area contributed by atoms with Gasteiger partial charge in [-0.2, -0.15) is 9.78 Å². The average molecular weight is 507 g/mol. The normalized spacial score (nSPS) is 14.9. The lowest BCUT2D eigenvalue weighted by atomic mass is 9.90. The van der Waals surface area contributed by atoms with Gasteiger partial charge in [0.25, 0.3) is 0 Å². The summed E-state index contributed by atoms with van der Waals surface area (Å²) < 4.78 is 20.3. The second-order valence-electron chi connectivity index (χ2n) is 10.4. The molecule has 1 aromatic carbocycles. The molecule has 0 radical (unpaired) electrons.